The monoisotopic (exact) mass is 488 g/mol. The van der Waals surface area contributed by atoms with Crippen LogP contribution in [0.5, 0.6) is 5.75 Å². The fourth-order valence-electron chi connectivity index (χ4n) is 4.97. The quantitative estimate of drug-likeness (QED) is 0.406. The zero-order valence-corrected chi connectivity index (χ0v) is 20.4. The maximum Gasteiger partial charge on any atom is 0.320 e. The van der Waals surface area contributed by atoms with Gasteiger partial charge in [0.25, 0.3) is 0 Å². The number of aromatic nitrogens is 2. The predicted molar refractivity (Wildman–Crippen MR) is 137 cm³/mol. The number of benzene rings is 2. The Bertz CT molecular complexity index is 1190. The molecule has 9 nitrogen and oxygen atoms in total. The highest BCUT2D eigenvalue weighted by atomic mass is 16.5. The molecule has 1 saturated carbocycles. The largest absolute Gasteiger partial charge is 0.497 e. The summed E-state index contributed by atoms with van der Waals surface area (Å²) in [6.45, 7) is 0.472. The van der Waals surface area contributed by atoms with Crippen LogP contribution in [0.25, 0.3) is 11.3 Å². The van der Waals surface area contributed by atoms with E-state index in [0.29, 0.717) is 24.5 Å². The van der Waals surface area contributed by atoms with Gasteiger partial charge in [-0.25, -0.2) is 9.48 Å². The van der Waals surface area contributed by atoms with Crippen LogP contribution in [0.4, 0.5) is 10.6 Å². The van der Waals surface area contributed by atoms with E-state index in [0.717, 1.165) is 42.6 Å². The molecule has 1 saturated heterocycles. The van der Waals surface area contributed by atoms with Gasteiger partial charge in [-0.1, -0.05) is 55.3 Å². The number of hydrogen-bond donors (Lipinski definition) is 4. The predicted octanol–water partition coefficient (Wildman–Crippen LogP) is 3.66. The zero-order chi connectivity index (χ0) is 24.9. The van der Waals surface area contributed by atoms with Gasteiger partial charge in [0.2, 0.25) is 5.91 Å². The minimum Gasteiger partial charge on any atom is -0.497 e. The molecule has 3 unspecified atom stereocenters. The highest BCUT2D eigenvalue weighted by molar-refractivity contribution is 5.89. The lowest BCUT2D eigenvalue weighted by Crippen LogP contribution is -2.59. The van der Waals surface area contributed by atoms with Crippen LogP contribution < -0.4 is 26.0 Å². The summed E-state index contributed by atoms with van der Waals surface area (Å²) in [5.74, 6) is 1.32. The zero-order valence-electron chi connectivity index (χ0n) is 20.4. The Morgan fingerprint density at radius 3 is 2.67 bits per heavy atom. The van der Waals surface area contributed by atoms with Crippen molar-refractivity contribution >= 4 is 17.8 Å². The van der Waals surface area contributed by atoms with Crippen molar-refractivity contribution in [3.8, 4) is 17.0 Å². The van der Waals surface area contributed by atoms with Crippen LogP contribution in [0.1, 0.15) is 37.5 Å². The van der Waals surface area contributed by atoms with Crippen LogP contribution in [0.2, 0.25) is 0 Å². The molecule has 1 aliphatic carbocycles. The third-order valence-electron chi connectivity index (χ3n) is 6.90. The fraction of sp³-hybridized carbons (Fsp3) is 0.370. The lowest BCUT2D eigenvalue weighted by molar-refractivity contribution is -0.132. The van der Waals surface area contributed by atoms with E-state index in [1.54, 1.807) is 11.8 Å². The van der Waals surface area contributed by atoms with Crippen molar-refractivity contribution in [3.05, 3.63) is 66.2 Å². The average molecular weight is 489 g/mol. The molecule has 5 rings (SSSR count). The van der Waals surface area contributed by atoms with Gasteiger partial charge < -0.3 is 15.4 Å². The highest BCUT2D eigenvalue weighted by Crippen LogP contribution is 2.31. The lowest BCUT2D eigenvalue weighted by Gasteiger charge is -2.40. The number of amides is 3. The minimum absolute atomic E-state index is 0.0168. The molecule has 4 N–H and O–H groups in total. The van der Waals surface area contributed by atoms with Crippen molar-refractivity contribution in [2.75, 3.05) is 19.0 Å². The molecule has 2 aliphatic rings. The number of rotatable bonds is 7. The molecule has 3 amide bonds. The van der Waals surface area contributed by atoms with Gasteiger partial charge in [0.1, 0.15) is 11.6 Å². The average Bonchev–Trinajstić information content (AvgIpc) is 3.33. The number of methoxy groups -OCH3 is 1. The van der Waals surface area contributed by atoms with E-state index >= 15 is 0 Å². The SMILES string of the molecule is COc1ccc(CCNC(=O)Nc2cc(-c3ccccc3)nn2C2NC(=O)C3CCCCC3N2)cc1. The molecular formula is C27H32N6O3. The first-order valence-corrected chi connectivity index (χ1v) is 12.5. The van der Waals surface area contributed by atoms with Gasteiger partial charge in [0, 0.05) is 24.2 Å². The van der Waals surface area contributed by atoms with Crippen molar-refractivity contribution in [2.45, 2.75) is 44.4 Å². The first-order chi connectivity index (χ1) is 17.6. The number of anilines is 1. The molecule has 1 aromatic heterocycles. The van der Waals surface area contributed by atoms with E-state index < -0.39 is 6.29 Å². The number of carbonyl (C=O) groups excluding carboxylic acids is 2. The number of nitrogens with zero attached hydrogens (tertiary/aromatic N) is 2. The van der Waals surface area contributed by atoms with Gasteiger partial charge >= 0.3 is 6.03 Å². The number of carbonyl (C=O) groups is 2. The third kappa shape index (κ3) is 5.36. The van der Waals surface area contributed by atoms with Crippen LogP contribution in [-0.4, -0.2) is 41.4 Å². The molecule has 2 heterocycles. The fourth-order valence-corrected chi connectivity index (χ4v) is 4.97. The summed E-state index contributed by atoms with van der Waals surface area (Å²) < 4.78 is 6.85. The summed E-state index contributed by atoms with van der Waals surface area (Å²) >= 11 is 0. The first-order valence-electron chi connectivity index (χ1n) is 12.5. The Morgan fingerprint density at radius 2 is 1.89 bits per heavy atom. The van der Waals surface area contributed by atoms with E-state index in [-0.39, 0.29) is 23.9 Å². The Balaban J connectivity index is 1.30. The van der Waals surface area contributed by atoms with E-state index in [2.05, 4.69) is 21.3 Å². The number of hydrogen-bond acceptors (Lipinski definition) is 5. The number of urea groups is 1. The molecule has 2 aromatic carbocycles. The standard InChI is InChI=1S/C27H32N6O3/c1-36-20-13-11-18(12-14-20)15-16-28-27(35)30-24-17-23(19-7-3-2-4-8-19)32-33(24)26-29-22-10-6-5-9-21(22)25(34)31-26/h2-4,7-8,11-14,17,21-22,26,29H,5-6,9-10,15-16H2,1H3,(H,31,34)(H2,28,30,35). The molecule has 1 aliphatic heterocycles. The summed E-state index contributed by atoms with van der Waals surface area (Å²) in [5, 5.41) is 17.2. The highest BCUT2D eigenvalue weighted by Gasteiger charge is 2.38. The summed E-state index contributed by atoms with van der Waals surface area (Å²) in [4.78, 5) is 25.6. The maximum absolute atomic E-state index is 12.8. The van der Waals surface area contributed by atoms with E-state index in [1.807, 2.05) is 60.7 Å². The lowest BCUT2D eigenvalue weighted by atomic mass is 9.83. The minimum atomic E-state index is -0.538. The summed E-state index contributed by atoms with van der Waals surface area (Å²) in [5.41, 5.74) is 2.74. The molecule has 0 spiro atoms. The van der Waals surface area contributed by atoms with Crippen LogP contribution in [0.15, 0.2) is 60.7 Å². The van der Waals surface area contributed by atoms with Crippen molar-refractivity contribution in [3.63, 3.8) is 0 Å². The maximum atomic E-state index is 12.8. The Kier molecular flexibility index (Phi) is 7.18. The smallest absolute Gasteiger partial charge is 0.320 e. The Labute approximate surface area is 210 Å². The van der Waals surface area contributed by atoms with E-state index in [4.69, 9.17) is 9.84 Å². The molecule has 0 bridgehead atoms. The van der Waals surface area contributed by atoms with E-state index in [9.17, 15) is 9.59 Å². The molecule has 188 valence electrons. The van der Waals surface area contributed by atoms with Crippen molar-refractivity contribution in [1.82, 2.24) is 25.7 Å². The topological polar surface area (TPSA) is 109 Å². The summed E-state index contributed by atoms with van der Waals surface area (Å²) in [6.07, 6.45) is 4.18. The van der Waals surface area contributed by atoms with Crippen molar-refractivity contribution in [2.24, 2.45) is 5.92 Å². The van der Waals surface area contributed by atoms with Gasteiger partial charge in [-0.05, 0) is 37.0 Å². The van der Waals surface area contributed by atoms with Crippen LogP contribution in [0.3, 0.4) is 0 Å². The van der Waals surface area contributed by atoms with Crippen molar-refractivity contribution in [1.29, 1.82) is 0 Å². The second kappa shape index (κ2) is 10.8. The number of nitrogens with one attached hydrogen (secondary N) is 4. The molecule has 3 atom stereocenters. The summed E-state index contributed by atoms with van der Waals surface area (Å²) in [6, 6.07) is 19.1. The number of ether oxygens (including phenoxy) is 1. The second-order valence-corrected chi connectivity index (χ2v) is 9.28. The first kappa shape index (κ1) is 23.9. The Hall–Kier alpha value is -3.85. The third-order valence-corrected chi connectivity index (χ3v) is 6.90. The number of fused-ring (bicyclic) bond motifs is 1. The van der Waals surface area contributed by atoms with Crippen LogP contribution in [0, 0.1) is 5.92 Å². The molecule has 0 radical (unpaired) electrons. The van der Waals surface area contributed by atoms with Gasteiger partial charge in [0.05, 0.1) is 18.7 Å². The van der Waals surface area contributed by atoms with Crippen LogP contribution >= 0.6 is 0 Å². The van der Waals surface area contributed by atoms with Gasteiger partial charge in [-0.2, -0.15) is 5.10 Å². The van der Waals surface area contributed by atoms with Gasteiger partial charge in [-0.3, -0.25) is 15.4 Å². The molecule has 9 heteroatoms. The second-order valence-electron chi connectivity index (χ2n) is 9.28. The molecule has 36 heavy (non-hydrogen) atoms. The van der Waals surface area contributed by atoms with Crippen molar-refractivity contribution < 1.29 is 14.3 Å². The summed E-state index contributed by atoms with van der Waals surface area (Å²) in [7, 11) is 1.64. The molecule has 2 fully saturated rings. The van der Waals surface area contributed by atoms with Gasteiger partial charge in [-0.15, -0.1) is 0 Å². The van der Waals surface area contributed by atoms with Gasteiger partial charge in [0.15, 0.2) is 6.29 Å². The Morgan fingerprint density at radius 1 is 1.11 bits per heavy atom. The normalized spacial score (nSPS) is 21.2. The molecular weight excluding hydrogens is 456 g/mol. The molecule has 3 aromatic rings. The van der Waals surface area contributed by atoms with E-state index in [1.165, 1.54) is 0 Å². The van der Waals surface area contributed by atoms with Crippen LogP contribution in [-0.2, 0) is 11.2 Å².